The molecule has 0 saturated carbocycles. The van der Waals surface area contributed by atoms with Gasteiger partial charge in [-0.25, -0.2) is 8.42 Å². The minimum Gasteiger partial charge on any atom is -0.313 e. The van der Waals surface area contributed by atoms with E-state index >= 15 is 0 Å². The molecule has 1 aliphatic rings. The summed E-state index contributed by atoms with van der Waals surface area (Å²) in [4.78, 5) is 4.24. The molecule has 2 heterocycles. The van der Waals surface area contributed by atoms with E-state index in [1.165, 1.54) is 4.31 Å². The predicted octanol–water partition coefficient (Wildman–Crippen LogP) is 2.07. The van der Waals surface area contributed by atoms with E-state index in [1.54, 1.807) is 36.7 Å². The number of sulfonamides is 1. The Kier molecular flexibility index (Phi) is 4.44. The molecule has 1 unspecified atom stereocenters. The Hall–Kier alpha value is -1.47. The molecule has 3 rings (SSSR count). The Morgan fingerprint density at radius 2 is 2.05 bits per heavy atom. The molecule has 0 aliphatic carbocycles. The molecule has 1 atom stereocenters. The van der Waals surface area contributed by atoms with E-state index in [2.05, 4.69) is 10.3 Å². The molecule has 0 radical (unpaired) electrons. The summed E-state index contributed by atoms with van der Waals surface area (Å²) >= 11 is 6.09. The van der Waals surface area contributed by atoms with Crippen LogP contribution in [0.2, 0.25) is 5.02 Å². The minimum atomic E-state index is -3.66. The van der Waals surface area contributed by atoms with Crippen LogP contribution < -0.4 is 5.32 Å². The molecule has 0 amide bonds. The number of benzene rings is 1. The van der Waals surface area contributed by atoms with Crippen molar-refractivity contribution in [1.29, 1.82) is 0 Å². The lowest BCUT2D eigenvalue weighted by Crippen LogP contribution is -2.48. The van der Waals surface area contributed by atoms with Crippen molar-refractivity contribution in [2.24, 2.45) is 0 Å². The number of hydrogen-bond acceptors (Lipinski definition) is 4. The zero-order chi connectivity index (χ0) is 15.6. The van der Waals surface area contributed by atoms with Crippen molar-refractivity contribution in [2.75, 3.05) is 19.6 Å². The molecule has 22 heavy (non-hydrogen) atoms. The van der Waals surface area contributed by atoms with Crippen molar-refractivity contribution in [2.45, 2.75) is 10.9 Å². The Labute approximate surface area is 135 Å². The Morgan fingerprint density at radius 3 is 2.77 bits per heavy atom. The zero-order valence-electron chi connectivity index (χ0n) is 11.8. The molecule has 0 spiro atoms. The SMILES string of the molecule is O=S(=O)(c1ccccc1Cl)N1CCNCC1c1cccnc1. The van der Waals surface area contributed by atoms with Gasteiger partial charge in [-0.05, 0) is 23.8 Å². The fraction of sp³-hybridized carbons (Fsp3) is 0.267. The lowest BCUT2D eigenvalue weighted by molar-refractivity contribution is 0.271. The average molecular weight is 338 g/mol. The van der Waals surface area contributed by atoms with Gasteiger partial charge in [-0.3, -0.25) is 4.98 Å². The summed E-state index contributed by atoms with van der Waals surface area (Å²) in [5.74, 6) is 0. The number of rotatable bonds is 3. The third-order valence-electron chi connectivity index (χ3n) is 3.69. The Bertz CT molecular complexity index is 752. The molecule has 5 nitrogen and oxygen atoms in total. The summed E-state index contributed by atoms with van der Waals surface area (Å²) < 4.78 is 27.5. The van der Waals surface area contributed by atoms with Gasteiger partial charge in [0.2, 0.25) is 10.0 Å². The highest BCUT2D eigenvalue weighted by Crippen LogP contribution is 2.31. The van der Waals surface area contributed by atoms with Crippen LogP contribution in [0.4, 0.5) is 0 Å². The van der Waals surface area contributed by atoms with Crippen LogP contribution in [-0.2, 0) is 10.0 Å². The van der Waals surface area contributed by atoms with Gasteiger partial charge in [0, 0.05) is 32.0 Å². The fourth-order valence-corrected chi connectivity index (χ4v) is 4.72. The molecule has 1 saturated heterocycles. The van der Waals surface area contributed by atoms with Crippen molar-refractivity contribution in [3.8, 4) is 0 Å². The van der Waals surface area contributed by atoms with Gasteiger partial charge in [-0.15, -0.1) is 0 Å². The second kappa shape index (κ2) is 6.34. The third-order valence-corrected chi connectivity index (χ3v) is 6.09. The standard InChI is InChI=1S/C15H16ClN3O2S/c16-13-5-1-2-6-15(13)22(20,21)19-9-8-18-11-14(19)12-4-3-7-17-10-12/h1-7,10,14,18H,8-9,11H2. The summed E-state index contributed by atoms with van der Waals surface area (Å²) in [5.41, 5.74) is 0.866. The summed E-state index contributed by atoms with van der Waals surface area (Å²) in [6.07, 6.45) is 3.37. The van der Waals surface area contributed by atoms with Crippen molar-refractivity contribution >= 4 is 21.6 Å². The van der Waals surface area contributed by atoms with E-state index in [0.29, 0.717) is 19.6 Å². The van der Waals surface area contributed by atoms with Crippen LogP contribution in [0, 0.1) is 0 Å². The van der Waals surface area contributed by atoms with E-state index in [4.69, 9.17) is 11.6 Å². The first-order chi connectivity index (χ1) is 10.6. The number of nitrogens with zero attached hydrogens (tertiary/aromatic N) is 2. The molecule has 1 aromatic carbocycles. The zero-order valence-corrected chi connectivity index (χ0v) is 13.4. The van der Waals surface area contributed by atoms with Gasteiger partial charge >= 0.3 is 0 Å². The van der Waals surface area contributed by atoms with Gasteiger partial charge in [0.05, 0.1) is 11.1 Å². The minimum absolute atomic E-state index is 0.146. The van der Waals surface area contributed by atoms with Gasteiger partial charge in [0.15, 0.2) is 0 Å². The molecule has 0 bridgehead atoms. The number of hydrogen-bond donors (Lipinski definition) is 1. The van der Waals surface area contributed by atoms with E-state index in [-0.39, 0.29) is 16.0 Å². The van der Waals surface area contributed by atoms with Crippen LogP contribution >= 0.6 is 11.6 Å². The van der Waals surface area contributed by atoms with Crippen LogP contribution in [0.25, 0.3) is 0 Å². The van der Waals surface area contributed by atoms with Gasteiger partial charge < -0.3 is 5.32 Å². The molecule has 1 N–H and O–H groups in total. The molecular formula is C15H16ClN3O2S. The topological polar surface area (TPSA) is 62.3 Å². The molecule has 1 fully saturated rings. The monoisotopic (exact) mass is 337 g/mol. The molecular weight excluding hydrogens is 322 g/mol. The van der Waals surface area contributed by atoms with Crippen molar-refractivity contribution < 1.29 is 8.42 Å². The maximum Gasteiger partial charge on any atom is 0.245 e. The third kappa shape index (κ3) is 2.87. The lowest BCUT2D eigenvalue weighted by Gasteiger charge is -2.35. The van der Waals surface area contributed by atoms with Gasteiger partial charge in [0.1, 0.15) is 4.90 Å². The smallest absolute Gasteiger partial charge is 0.245 e. The molecule has 1 aromatic heterocycles. The second-order valence-electron chi connectivity index (χ2n) is 5.05. The average Bonchev–Trinajstić information content (AvgIpc) is 2.56. The summed E-state index contributed by atoms with van der Waals surface area (Å²) in [6.45, 7) is 1.56. The first-order valence-electron chi connectivity index (χ1n) is 6.98. The number of piperazine rings is 1. The van der Waals surface area contributed by atoms with Crippen LogP contribution in [0.3, 0.4) is 0 Å². The lowest BCUT2D eigenvalue weighted by atomic mass is 10.1. The number of nitrogens with one attached hydrogen (secondary N) is 1. The molecule has 2 aromatic rings. The second-order valence-corrected chi connectivity index (χ2v) is 7.32. The number of aromatic nitrogens is 1. The maximum absolute atomic E-state index is 13.0. The van der Waals surface area contributed by atoms with E-state index in [0.717, 1.165) is 5.56 Å². The largest absolute Gasteiger partial charge is 0.313 e. The maximum atomic E-state index is 13.0. The van der Waals surface area contributed by atoms with Crippen LogP contribution in [-0.4, -0.2) is 37.3 Å². The van der Waals surface area contributed by atoms with Crippen LogP contribution in [0.1, 0.15) is 11.6 Å². The highest BCUT2D eigenvalue weighted by molar-refractivity contribution is 7.89. The summed E-state index contributed by atoms with van der Waals surface area (Å²) in [6, 6.07) is 9.95. The van der Waals surface area contributed by atoms with E-state index in [9.17, 15) is 8.42 Å². The highest BCUT2D eigenvalue weighted by Gasteiger charge is 2.35. The fourth-order valence-electron chi connectivity index (χ4n) is 2.61. The van der Waals surface area contributed by atoms with Crippen molar-refractivity contribution in [1.82, 2.24) is 14.6 Å². The van der Waals surface area contributed by atoms with Crippen LogP contribution in [0.5, 0.6) is 0 Å². The summed E-state index contributed by atoms with van der Waals surface area (Å²) in [5, 5.41) is 3.48. The van der Waals surface area contributed by atoms with E-state index in [1.807, 2.05) is 12.1 Å². The predicted molar refractivity (Wildman–Crippen MR) is 85.2 cm³/mol. The Morgan fingerprint density at radius 1 is 1.23 bits per heavy atom. The van der Waals surface area contributed by atoms with E-state index < -0.39 is 10.0 Å². The Balaban J connectivity index is 2.02. The molecule has 7 heteroatoms. The number of pyridine rings is 1. The first kappa shape index (κ1) is 15.4. The molecule has 116 valence electrons. The highest BCUT2D eigenvalue weighted by atomic mass is 35.5. The van der Waals surface area contributed by atoms with Crippen molar-refractivity contribution in [3.05, 3.63) is 59.4 Å². The van der Waals surface area contributed by atoms with Gasteiger partial charge in [-0.2, -0.15) is 4.31 Å². The quantitative estimate of drug-likeness (QED) is 0.931. The normalized spacial score (nSPS) is 20.0. The van der Waals surface area contributed by atoms with Gasteiger partial charge in [-0.1, -0.05) is 29.8 Å². The first-order valence-corrected chi connectivity index (χ1v) is 8.79. The molecule has 1 aliphatic heterocycles. The van der Waals surface area contributed by atoms with Crippen molar-refractivity contribution in [3.63, 3.8) is 0 Å². The van der Waals surface area contributed by atoms with Gasteiger partial charge in [0.25, 0.3) is 0 Å². The summed E-state index contributed by atoms with van der Waals surface area (Å²) in [7, 11) is -3.66. The number of halogens is 1. The van der Waals surface area contributed by atoms with Crippen LogP contribution in [0.15, 0.2) is 53.7 Å².